The van der Waals surface area contributed by atoms with Gasteiger partial charge in [-0.1, -0.05) is 0 Å². The van der Waals surface area contributed by atoms with Gasteiger partial charge in [0.2, 0.25) is 5.91 Å². The van der Waals surface area contributed by atoms with E-state index in [2.05, 4.69) is 27.2 Å². The number of ether oxygens (including phenoxy) is 1. The van der Waals surface area contributed by atoms with Crippen molar-refractivity contribution in [1.29, 1.82) is 0 Å². The molecule has 0 radical (unpaired) electrons. The number of hydrogen-bond donors (Lipinski definition) is 1. The van der Waals surface area contributed by atoms with Crippen LogP contribution in [0.15, 0.2) is 36.5 Å². The second-order valence-electron chi connectivity index (χ2n) is 7.98. The van der Waals surface area contributed by atoms with E-state index < -0.39 is 0 Å². The average molecular weight is 436 g/mol. The third-order valence-electron chi connectivity index (χ3n) is 5.95. The summed E-state index contributed by atoms with van der Waals surface area (Å²) in [6.07, 6.45) is 3.35. The van der Waals surface area contributed by atoms with Crippen LogP contribution >= 0.6 is 0 Å². The number of carbonyl (C=O) groups is 2. The first-order valence-electron chi connectivity index (χ1n) is 11.2. The predicted octanol–water partition coefficient (Wildman–Crippen LogP) is 3.79. The first-order chi connectivity index (χ1) is 15.5. The Morgan fingerprint density at radius 3 is 2.50 bits per heavy atom. The number of rotatable bonds is 6. The maximum Gasteiger partial charge on any atom is 0.338 e. The lowest BCUT2D eigenvalue weighted by atomic mass is 9.95. The quantitative estimate of drug-likeness (QED) is 0.593. The normalized spacial score (nSPS) is 14.5. The van der Waals surface area contributed by atoms with Crippen molar-refractivity contribution in [3.8, 4) is 0 Å². The SMILES string of the molecule is CCOC(=O)c1ccc(NC(=O)C2CCN(c3nccc4c(C)nn(CC)c34)CC2)cc1. The van der Waals surface area contributed by atoms with Gasteiger partial charge in [-0.3, -0.25) is 9.48 Å². The summed E-state index contributed by atoms with van der Waals surface area (Å²) in [6.45, 7) is 8.53. The molecule has 32 heavy (non-hydrogen) atoms. The second-order valence-corrected chi connectivity index (χ2v) is 7.98. The van der Waals surface area contributed by atoms with Gasteiger partial charge in [0.05, 0.1) is 17.9 Å². The van der Waals surface area contributed by atoms with Crippen molar-refractivity contribution in [2.45, 2.75) is 40.2 Å². The molecule has 1 aliphatic rings. The van der Waals surface area contributed by atoms with E-state index in [9.17, 15) is 9.59 Å². The molecule has 1 amide bonds. The number of fused-ring (bicyclic) bond motifs is 1. The Kier molecular flexibility index (Phi) is 6.39. The van der Waals surface area contributed by atoms with E-state index in [4.69, 9.17) is 4.74 Å². The van der Waals surface area contributed by atoms with Gasteiger partial charge in [0.15, 0.2) is 5.82 Å². The minimum atomic E-state index is -0.360. The molecule has 1 aliphatic heterocycles. The molecule has 0 spiro atoms. The third-order valence-corrected chi connectivity index (χ3v) is 5.95. The minimum absolute atomic E-state index is 0.00847. The summed E-state index contributed by atoms with van der Waals surface area (Å²) in [7, 11) is 0. The Hall–Kier alpha value is -3.42. The number of esters is 1. The van der Waals surface area contributed by atoms with Gasteiger partial charge in [0, 0.05) is 42.8 Å². The number of benzene rings is 1. The molecule has 168 valence electrons. The number of aryl methyl sites for hydroxylation is 2. The summed E-state index contributed by atoms with van der Waals surface area (Å²) in [4.78, 5) is 31.5. The molecule has 1 fully saturated rings. The van der Waals surface area contributed by atoms with Crippen LogP contribution in [-0.4, -0.2) is 46.3 Å². The zero-order chi connectivity index (χ0) is 22.7. The van der Waals surface area contributed by atoms with E-state index in [1.165, 1.54) is 0 Å². The van der Waals surface area contributed by atoms with Crippen molar-refractivity contribution in [3.05, 3.63) is 47.8 Å². The van der Waals surface area contributed by atoms with Crippen LogP contribution in [0.3, 0.4) is 0 Å². The maximum atomic E-state index is 12.8. The van der Waals surface area contributed by atoms with E-state index in [0.29, 0.717) is 17.9 Å². The molecule has 0 bridgehead atoms. The maximum absolute atomic E-state index is 12.8. The summed E-state index contributed by atoms with van der Waals surface area (Å²) in [5, 5.41) is 8.74. The van der Waals surface area contributed by atoms with E-state index in [1.54, 1.807) is 31.2 Å². The molecule has 8 heteroatoms. The highest BCUT2D eigenvalue weighted by Crippen LogP contribution is 2.30. The molecule has 1 saturated heterocycles. The molecule has 4 rings (SSSR count). The summed E-state index contributed by atoms with van der Waals surface area (Å²) in [5.41, 5.74) is 3.23. The molecule has 1 N–H and O–H groups in total. The summed E-state index contributed by atoms with van der Waals surface area (Å²) < 4.78 is 7.00. The molecule has 2 aromatic heterocycles. The van der Waals surface area contributed by atoms with E-state index in [1.807, 2.05) is 23.9 Å². The zero-order valence-electron chi connectivity index (χ0n) is 18.8. The molecule has 8 nitrogen and oxygen atoms in total. The molecule has 1 aromatic carbocycles. The Labute approximate surface area is 187 Å². The van der Waals surface area contributed by atoms with Gasteiger partial charge in [-0.05, 0) is 63.9 Å². The van der Waals surface area contributed by atoms with Crippen LogP contribution in [0.2, 0.25) is 0 Å². The standard InChI is InChI=1S/C24H29N5O3/c1-4-29-21-20(16(3)27-29)10-13-25-22(21)28-14-11-17(12-15-28)23(30)26-19-8-6-18(7-9-19)24(31)32-5-2/h6-10,13,17H,4-5,11-12,14-15H2,1-3H3,(H,26,30). The van der Waals surface area contributed by atoms with Gasteiger partial charge in [-0.2, -0.15) is 5.10 Å². The smallest absolute Gasteiger partial charge is 0.338 e. The molecule has 0 aliphatic carbocycles. The highest BCUT2D eigenvalue weighted by atomic mass is 16.5. The van der Waals surface area contributed by atoms with E-state index in [-0.39, 0.29) is 17.8 Å². The summed E-state index contributed by atoms with van der Waals surface area (Å²) >= 11 is 0. The van der Waals surface area contributed by atoms with Crippen LogP contribution in [0.4, 0.5) is 11.5 Å². The van der Waals surface area contributed by atoms with Gasteiger partial charge >= 0.3 is 5.97 Å². The van der Waals surface area contributed by atoms with Gasteiger partial charge < -0.3 is 15.0 Å². The Bertz CT molecular complexity index is 1110. The topological polar surface area (TPSA) is 89.3 Å². The molecule has 0 unspecified atom stereocenters. The van der Waals surface area contributed by atoms with E-state index in [0.717, 1.165) is 54.9 Å². The zero-order valence-corrected chi connectivity index (χ0v) is 18.8. The van der Waals surface area contributed by atoms with Gasteiger partial charge in [-0.25, -0.2) is 9.78 Å². The second kappa shape index (κ2) is 9.38. The third kappa shape index (κ3) is 4.30. The first-order valence-corrected chi connectivity index (χ1v) is 11.2. The minimum Gasteiger partial charge on any atom is -0.462 e. The van der Waals surface area contributed by atoms with Crippen LogP contribution in [0, 0.1) is 12.8 Å². The van der Waals surface area contributed by atoms with Gasteiger partial charge in [-0.15, -0.1) is 0 Å². The number of hydrogen-bond acceptors (Lipinski definition) is 6. The van der Waals surface area contributed by atoms with Crippen LogP contribution in [0.5, 0.6) is 0 Å². The highest BCUT2D eigenvalue weighted by molar-refractivity contribution is 5.95. The molecule has 3 heterocycles. The van der Waals surface area contributed by atoms with Crippen LogP contribution in [0.1, 0.15) is 42.7 Å². The average Bonchev–Trinajstić information content (AvgIpc) is 3.16. The first kappa shape index (κ1) is 21.8. The fraction of sp³-hybridized carbons (Fsp3) is 0.417. The fourth-order valence-electron chi connectivity index (χ4n) is 4.24. The van der Waals surface area contributed by atoms with Crippen LogP contribution in [-0.2, 0) is 16.1 Å². The Morgan fingerprint density at radius 2 is 1.84 bits per heavy atom. The number of piperidine rings is 1. The molecule has 3 aromatic rings. The van der Waals surface area contributed by atoms with Crippen molar-refractivity contribution in [3.63, 3.8) is 0 Å². The monoisotopic (exact) mass is 435 g/mol. The largest absolute Gasteiger partial charge is 0.462 e. The molecule has 0 atom stereocenters. The van der Waals surface area contributed by atoms with E-state index >= 15 is 0 Å². The highest BCUT2D eigenvalue weighted by Gasteiger charge is 2.27. The number of carbonyl (C=O) groups excluding carboxylic acids is 2. The molecular formula is C24H29N5O3. The number of pyridine rings is 1. The van der Waals surface area contributed by atoms with Crippen LogP contribution in [0.25, 0.3) is 10.9 Å². The van der Waals surface area contributed by atoms with Crippen molar-refractivity contribution >= 4 is 34.3 Å². The Balaban J connectivity index is 1.39. The number of aromatic nitrogens is 3. The van der Waals surface area contributed by atoms with Gasteiger partial charge in [0.1, 0.15) is 5.52 Å². The van der Waals surface area contributed by atoms with Crippen molar-refractivity contribution in [2.24, 2.45) is 5.92 Å². The number of amides is 1. The number of nitrogens with one attached hydrogen (secondary N) is 1. The summed E-state index contributed by atoms with van der Waals surface area (Å²) in [6, 6.07) is 8.82. The Morgan fingerprint density at radius 1 is 1.12 bits per heavy atom. The van der Waals surface area contributed by atoms with Crippen molar-refractivity contribution < 1.29 is 14.3 Å². The fourth-order valence-corrected chi connectivity index (χ4v) is 4.24. The summed E-state index contributed by atoms with van der Waals surface area (Å²) in [5.74, 6) is 0.529. The van der Waals surface area contributed by atoms with Crippen LogP contribution < -0.4 is 10.2 Å². The number of nitrogens with zero attached hydrogens (tertiary/aromatic N) is 4. The molecule has 0 saturated carbocycles. The predicted molar refractivity (Wildman–Crippen MR) is 124 cm³/mol. The molecular weight excluding hydrogens is 406 g/mol. The van der Waals surface area contributed by atoms with Crippen molar-refractivity contribution in [2.75, 3.05) is 29.9 Å². The lowest BCUT2D eigenvalue weighted by Crippen LogP contribution is -2.38. The number of anilines is 2. The van der Waals surface area contributed by atoms with Crippen molar-refractivity contribution in [1.82, 2.24) is 14.8 Å². The lowest BCUT2D eigenvalue weighted by molar-refractivity contribution is -0.120. The van der Waals surface area contributed by atoms with Gasteiger partial charge in [0.25, 0.3) is 0 Å². The lowest BCUT2D eigenvalue weighted by Gasteiger charge is -2.32.